The molecule has 1 aliphatic carbocycles. The van der Waals surface area contributed by atoms with Gasteiger partial charge in [-0.3, -0.25) is 14.3 Å². The minimum Gasteiger partial charge on any atom is -0.484 e. The Kier molecular flexibility index (Phi) is 5.41. The second-order valence-electron chi connectivity index (χ2n) is 7.12. The topological polar surface area (TPSA) is 91.0 Å². The molecule has 4 rings (SSSR count). The van der Waals surface area contributed by atoms with Crippen molar-refractivity contribution in [2.24, 2.45) is 0 Å². The Morgan fingerprint density at radius 1 is 1.24 bits per heavy atom. The highest BCUT2D eigenvalue weighted by Gasteiger charge is 2.30. The fourth-order valence-corrected chi connectivity index (χ4v) is 3.06. The van der Waals surface area contributed by atoms with Crippen LogP contribution >= 0.6 is 0 Å². The predicted octanol–water partition coefficient (Wildman–Crippen LogP) is 1.95. The molecular formula is C21H23N5O3. The van der Waals surface area contributed by atoms with Crippen molar-refractivity contribution >= 4 is 5.91 Å². The summed E-state index contributed by atoms with van der Waals surface area (Å²) in [6, 6.07) is 11.4. The van der Waals surface area contributed by atoms with E-state index in [0.717, 1.165) is 24.0 Å². The molecule has 1 saturated carbocycles. The standard InChI is InChI=1S/C21H23N5O3/c1-15-4-8-18(9-5-15)29-14-19(27)23-11-12-25-21(28)26(17-6-7-17)20(24-25)16-3-2-10-22-13-16/h2-5,8-10,13,17H,6-7,11-12,14H2,1H3,(H,23,27). The van der Waals surface area contributed by atoms with Gasteiger partial charge >= 0.3 is 5.69 Å². The SMILES string of the molecule is Cc1ccc(OCC(=O)NCCn2nc(-c3cccnc3)n(C3CC3)c2=O)cc1. The Bertz CT molecular complexity index is 1040. The van der Waals surface area contributed by atoms with Crippen LogP contribution in [0.3, 0.4) is 0 Å². The van der Waals surface area contributed by atoms with E-state index in [1.807, 2.05) is 43.3 Å². The second-order valence-corrected chi connectivity index (χ2v) is 7.12. The number of aryl methyl sites for hydroxylation is 1. The molecule has 1 amide bonds. The third-order valence-corrected chi connectivity index (χ3v) is 4.74. The summed E-state index contributed by atoms with van der Waals surface area (Å²) in [6.07, 6.45) is 5.35. The van der Waals surface area contributed by atoms with Gasteiger partial charge in [-0.25, -0.2) is 9.48 Å². The number of carbonyl (C=O) groups excluding carboxylic acids is 1. The molecule has 0 atom stereocenters. The molecule has 8 heteroatoms. The van der Waals surface area contributed by atoms with Gasteiger partial charge in [0.1, 0.15) is 5.75 Å². The van der Waals surface area contributed by atoms with Crippen LogP contribution < -0.4 is 15.7 Å². The lowest BCUT2D eigenvalue weighted by Gasteiger charge is -2.07. The lowest BCUT2D eigenvalue weighted by Crippen LogP contribution is -2.34. The normalized spacial score (nSPS) is 13.3. The van der Waals surface area contributed by atoms with Crippen LogP contribution in [-0.2, 0) is 11.3 Å². The van der Waals surface area contributed by atoms with Gasteiger partial charge in [-0.1, -0.05) is 17.7 Å². The van der Waals surface area contributed by atoms with E-state index in [1.54, 1.807) is 17.0 Å². The maximum atomic E-state index is 12.8. The third-order valence-electron chi connectivity index (χ3n) is 4.74. The van der Waals surface area contributed by atoms with Gasteiger partial charge in [0.25, 0.3) is 5.91 Å². The average Bonchev–Trinajstić information content (AvgIpc) is 3.52. The maximum absolute atomic E-state index is 12.8. The summed E-state index contributed by atoms with van der Waals surface area (Å²) in [5.41, 5.74) is 1.78. The Balaban J connectivity index is 1.35. The molecule has 150 valence electrons. The Morgan fingerprint density at radius 2 is 2.03 bits per heavy atom. The van der Waals surface area contributed by atoms with Crippen LogP contribution in [-0.4, -0.2) is 38.4 Å². The summed E-state index contributed by atoms with van der Waals surface area (Å²) >= 11 is 0. The highest BCUT2D eigenvalue weighted by molar-refractivity contribution is 5.77. The second kappa shape index (κ2) is 8.30. The minimum atomic E-state index is -0.243. The number of pyridine rings is 1. The maximum Gasteiger partial charge on any atom is 0.346 e. The number of benzene rings is 1. The summed E-state index contributed by atoms with van der Waals surface area (Å²) in [6.45, 7) is 2.50. The summed E-state index contributed by atoms with van der Waals surface area (Å²) in [7, 11) is 0. The van der Waals surface area contributed by atoms with Crippen LogP contribution in [0.25, 0.3) is 11.4 Å². The van der Waals surface area contributed by atoms with E-state index in [-0.39, 0.29) is 24.2 Å². The lowest BCUT2D eigenvalue weighted by molar-refractivity contribution is -0.123. The Hall–Kier alpha value is -3.42. The van der Waals surface area contributed by atoms with E-state index in [0.29, 0.717) is 24.7 Å². The number of hydrogen-bond donors (Lipinski definition) is 1. The summed E-state index contributed by atoms with van der Waals surface area (Å²) in [5, 5.41) is 7.25. The van der Waals surface area contributed by atoms with Gasteiger partial charge < -0.3 is 10.1 Å². The van der Waals surface area contributed by atoms with Crippen molar-refractivity contribution < 1.29 is 9.53 Å². The molecule has 2 heterocycles. The third kappa shape index (κ3) is 4.53. The lowest BCUT2D eigenvalue weighted by atomic mass is 10.2. The quantitative estimate of drug-likeness (QED) is 0.632. The number of aromatic nitrogens is 4. The summed E-state index contributed by atoms with van der Waals surface area (Å²) in [5.74, 6) is 1.03. The zero-order valence-electron chi connectivity index (χ0n) is 16.2. The minimum absolute atomic E-state index is 0.0740. The number of nitrogens with zero attached hydrogens (tertiary/aromatic N) is 4. The van der Waals surface area contributed by atoms with E-state index in [4.69, 9.17) is 4.74 Å². The summed E-state index contributed by atoms with van der Waals surface area (Å²) in [4.78, 5) is 28.9. The smallest absolute Gasteiger partial charge is 0.346 e. The van der Waals surface area contributed by atoms with Gasteiger partial charge in [0, 0.05) is 30.5 Å². The molecule has 0 bridgehead atoms. The molecule has 1 fully saturated rings. The monoisotopic (exact) mass is 393 g/mol. The first-order chi connectivity index (χ1) is 14.1. The van der Waals surface area contributed by atoms with E-state index < -0.39 is 0 Å². The molecule has 0 radical (unpaired) electrons. The molecular weight excluding hydrogens is 370 g/mol. The van der Waals surface area contributed by atoms with Crippen molar-refractivity contribution in [2.75, 3.05) is 13.2 Å². The molecule has 1 N–H and O–H groups in total. The van der Waals surface area contributed by atoms with E-state index >= 15 is 0 Å². The van der Waals surface area contributed by atoms with E-state index in [9.17, 15) is 9.59 Å². The van der Waals surface area contributed by atoms with Gasteiger partial charge in [-0.15, -0.1) is 5.10 Å². The van der Waals surface area contributed by atoms with E-state index in [2.05, 4.69) is 15.4 Å². The number of carbonyl (C=O) groups is 1. The first-order valence-corrected chi connectivity index (χ1v) is 9.68. The zero-order valence-corrected chi connectivity index (χ0v) is 16.2. The molecule has 2 aromatic heterocycles. The van der Waals surface area contributed by atoms with Crippen LogP contribution in [0.2, 0.25) is 0 Å². The fraction of sp³-hybridized carbons (Fsp3) is 0.333. The molecule has 1 aromatic carbocycles. The van der Waals surface area contributed by atoms with Crippen molar-refractivity contribution in [3.8, 4) is 17.1 Å². The zero-order chi connectivity index (χ0) is 20.2. The van der Waals surface area contributed by atoms with Crippen LogP contribution in [0.4, 0.5) is 0 Å². The molecule has 29 heavy (non-hydrogen) atoms. The van der Waals surface area contributed by atoms with Crippen LogP contribution in [0, 0.1) is 6.92 Å². The largest absolute Gasteiger partial charge is 0.484 e. The van der Waals surface area contributed by atoms with Gasteiger partial charge in [0.05, 0.1) is 6.54 Å². The highest BCUT2D eigenvalue weighted by Crippen LogP contribution is 2.36. The van der Waals surface area contributed by atoms with Crippen molar-refractivity contribution in [3.05, 3.63) is 64.8 Å². The molecule has 0 spiro atoms. The van der Waals surface area contributed by atoms with Gasteiger partial charge in [0.2, 0.25) is 0 Å². The van der Waals surface area contributed by atoms with Crippen LogP contribution in [0.15, 0.2) is 53.6 Å². The first-order valence-electron chi connectivity index (χ1n) is 9.68. The number of amides is 1. The number of ether oxygens (including phenoxy) is 1. The molecule has 0 aliphatic heterocycles. The van der Waals surface area contributed by atoms with Crippen molar-refractivity contribution in [3.63, 3.8) is 0 Å². The van der Waals surface area contributed by atoms with Gasteiger partial charge in [0.15, 0.2) is 12.4 Å². The van der Waals surface area contributed by atoms with E-state index in [1.165, 1.54) is 4.68 Å². The summed E-state index contributed by atoms with van der Waals surface area (Å²) < 4.78 is 8.60. The predicted molar refractivity (Wildman–Crippen MR) is 108 cm³/mol. The Labute approximate surface area is 168 Å². The van der Waals surface area contributed by atoms with Crippen LogP contribution in [0.5, 0.6) is 5.75 Å². The average molecular weight is 393 g/mol. The Morgan fingerprint density at radius 3 is 2.72 bits per heavy atom. The number of rotatable bonds is 8. The molecule has 0 unspecified atom stereocenters. The molecule has 1 aliphatic rings. The fourth-order valence-electron chi connectivity index (χ4n) is 3.06. The molecule has 8 nitrogen and oxygen atoms in total. The van der Waals surface area contributed by atoms with Gasteiger partial charge in [-0.05, 0) is 44.0 Å². The molecule has 3 aromatic rings. The highest BCUT2D eigenvalue weighted by atomic mass is 16.5. The van der Waals surface area contributed by atoms with Gasteiger partial charge in [-0.2, -0.15) is 0 Å². The number of nitrogens with one attached hydrogen (secondary N) is 1. The molecule has 0 saturated heterocycles. The van der Waals surface area contributed by atoms with Crippen molar-refractivity contribution in [1.29, 1.82) is 0 Å². The van der Waals surface area contributed by atoms with Crippen molar-refractivity contribution in [2.45, 2.75) is 32.4 Å². The number of hydrogen-bond acceptors (Lipinski definition) is 5. The van der Waals surface area contributed by atoms with Crippen LogP contribution in [0.1, 0.15) is 24.4 Å². The first kappa shape index (κ1) is 18.9. The van der Waals surface area contributed by atoms with Crippen molar-refractivity contribution in [1.82, 2.24) is 24.6 Å².